The lowest BCUT2D eigenvalue weighted by atomic mass is 10.1. The highest BCUT2D eigenvalue weighted by molar-refractivity contribution is 8.00. The lowest BCUT2D eigenvalue weighted by molar-refractivity contribution is -0.118. The molecule has 1 saturated heterocycles. The van der Waals surface area contributed by atoms with Crippen molar-refractivity contribution in [2.45, 2.75) is 17.7 Å². The largest absolute Gasteiger partial charge is 0.355 e. The maximum absolute atomic E-state index is 13.0. The van der Waals surface area contributed by atoms with Gasteiger partial charge in [0, 0.05) is 11.4 Å². The predicted molar refractivity (Wildman–Crippen MR) is 82.9 cm³/mol. The average molecular weight is 337 g/mol. The summed E-state index contributed by atoms with van der Waals surface area (Å²) in [5.74, 6) is -0.971. The van der Waals surface area contributed by atoms with Crippen LogP contribution in [-0.4, -0.2) is 31.3 Å². The van der Waals surface area contributed by atoms with E-state index < -0.39 is 11.6 Å². The minimum Gasteiger partial charge on any atom is -0.355 e. The first kappa shape index (κ1) is 18.2. The molecule has 1 atom stereocenters. The fourth-order valence-electron chi connectivity index (χ4n) is 2.14. The Balaban J connectivity index is 0.00000220. The van der Waals surface area contributed by atoms with Crippen LogP contribution in [0.15, 0.2) is 23.1 Å². The maximum Gasteiger partial charge on any atom is 0.230 e. The van der Waals surface area contributed by atoms with E-state index >= 15 is 0 Å². The summed E-state index contributed by atoms with van der Waals surface area (Å²) in [7, 11) is 0. The van der Waals surface area contributed by atoms with Crippen LogP contribution in [0.5, 0.6) is 0 Å². The predicted octanol–water partition coefficient (Wildman–Crippen LogP) is 2.59. The number of amides is 1. The van der Waals surface area contributed by atoms with Crippen molar-refractivity contribution in [1.29, 1.82) is 0 Å². The van der Waals surface area contributed by atoms with Gasteiger partial charge in [-0.15, -0.1) is 24.2 Å². The first-order chi connectivity index (χ1) is 9.65. The molecule has 1 aromatic carbocycles. The van der Waals surface area contributed by atoms with Gasteiger partial charge in [0.1, 0.15) is 0 Å². The number of thioether (sulfide) groups is 1. The molecule has 21 heavy (non-hydrogen) atoms. The topological polar surface area (TPSA) is 41.1 Å². The zero-order valence-electron chi connectivity index (χ0n) is 11.5. The molecule has 3 nitrogen and oxygen atoms in total. The monoisotopic (exact) mass is 336 g/mol. The number of benzene rings is 1. The lowest BCUT2D eigenvalue weighted by Gasteiger charge is -2.09. The van der Waals surface area contributed by atoms with Crippen LogP contribution < -0.4 is 10.6 Å². The molecule has 0 aromatic heterocycles. The molecule has 2 N–H and O–H groups in total. The van der Waals surface area contributed by atoms with Gasteiger partial charge in [-0.1, -0.05) is 0 Å². The number of nitrogens with one attached hydrogen (secondary N) is 2. The van der Waals surface area contributed by atoms with Gasteiger partial charge in [0.05, 0.1) is 5.75 Å². The molecule has 1 aromatic rings. The van der Waals surface area contributed by atoms with Crippen LogP contribution in [0.2, 0.25) is 0 Å². The van der Waals surface area contributed by atoms with Gasteiger partial charge in [0.25, 0.3) is 0 Å². The smallest absolute Gasteiger partial charge is 0.230 e. The van der Waals surface area contributed by atoms with E-state index in [-0.39, 0.29) is 24.1 Å². The van der Waals surface area contributed by atoms with E-state index in [9.17, 15) is 13.6 Å². The highest BCUT2D eigenvalue weighted by Crippen LogP contribution is 2.20. The Bertz CT molecular complexity index is 470. The Morgan fingerprint density at radius 3 is 2.86 bits per heavy atom. The molecule has 1 aliphatic heterocycles. The van der Waals surface area contributed by atoms with Gasteiger partial charge in [-0.05, 0) is 50.0 Å². The summed E-state index contributed by atoms with van der Waals surface area (Å²) in [4.78, 5) is 12.2. The lowest BCUT2D eigenvalue weighted by Crippen LogP contribution is -2.27. The Hall–Kier alpha value is -0.850. The Kier molecular flexibility index (Phi) is 8.00. The summed E-state index contributed by atoms with van der Waals surface area (Å²) in [6, 6.07) is 3.65. The van der Waals surface area contributed by atoms with Gasteiger partial charge in [-0.2, -0.15) is 0 Å². The van der Waals surface area contributed by atoms with Gasteiger partial charge >= 0.3 is 0 Å². The summed E-state index contributed by atoms with van der Waals surface area (Å²) in [6.07, 6.45) is 2.15. The van der Waals surface area contributed by atoms with E-state index in [4.69, 9.17) is 0 Å². The van der Waals surface area contributed by atoms with Crippen molar-refractivity contribution in [1.82, 2.24) is 10.6 Å². The van der Waals surface area contributed by atoms with Gasteiger partial charge < -0.3 is 10.6 Å². The number of carbonyl (C=O) groups is 1. The van der Waals surface area contributed by atoms with Gasteiger partial charge in [0.15, 0.2) is 11.6 Å². The number of hydrogen-bond donors (Lipinski definition) is 2. The zero-order valence-corrected chi connectivity index (χ0v) is 13.2. The number of hydrogen-bond acceptors (Lipinski definition) is 3. The molecule has 0 bridgehead atoms. The van der Waals surface area contributed by atoms with E-state index in [0.29, 0.717) is 17.4 Å². The molecular formula is C14H19ClF2N2OS. The third-order valence-electron chi connectivity index (χ3n) is 3.30. The second-order valence-electron chi connectivity index (χ2n) is 4.86. The first-order valence-corrected chi connectivity index (χ1v) is 7.69. The number of halogens is 3. The molecule has 1 amide bonds. The van der Waals surface area contributed by atoms with Gasteiger partial charge in [-0.3, -0.25) is 4.79 Å². The normalized spacial score (nSPS) is 17.3. The summed E-state index contributed by atoms with van der Waals surface area (Å²) < 4.78 is 25.7. The van der Waals surface area contributed by atoms with Crippen molar-refractivity contribution in [3.05, 3.63) is 29.8 Å². The third-order valence-corrected chi connectivity index (χ3v) is 4.29. The van der Waals surface area contributed by atoms with E-state index in [2.05, 4.69) is 10.6 Å². The summed E-state index contributed by atoms with van der Waals surface area (Å²) in [5.41, 5.74) is 0. The molecule has 118 valence electrons. The summed E-state index contributed by atoms with van der Waals surface area (Å²) in [5, 5.41) is 6.13. The Labute approximate surface area is 133 Å². The SMILES string of the molecule is Cl.O=C(CSc1ccc(F)c(F)c1)NCCC1CCNC1. The molecular weight excluding hydrogens is 318 g/mol. The van der Waals surface area contributed by atoms with Crippen LogP contribution in [-0.2, 0) is 4.79 Å². The van der Waals surface area contributed by atoms with Crippen molar-refractivity contribution in [2.24, 2.45) is 5.92 Å². The maximum atomic E-state index is 13.0. The first-order valence-electron chi connectivity index (χ1n) is 6.70. The Morgan fingerprint density at radius 2 is 2.19 bits per heavy atom. The van der Waals surface area contributed by atoms with E-state index in [1.807, 2.05) is 0 Å². The standard InChI is InChI=1S/C14H18F2N2OS.ClH/c15-12-2-1-11(7-13(12)16)20-9-14(19)18-6-4-10-3-5-17-8-10;/h1-2,7,10,17H,3-6,8-9H2,(H,18,19);1H. The second kappa shape index (κ2) is 9.23. The van der Waals surface area contributed by atoms with Crippen molar-refractivity contribution in [3.63, 3.8) is 0 Å². The molecule has 0 spiro atoms. The Morgan fingerprint density at radius 1 is 1.38 bits per heavy atom. The minimum atomic E-state index is -0.885. The molecule has 1 aliphatic rings. The highest BCUT2D eigenvalue weighted by atomic mass is 35.5. The van der Waals surface area contributed by atoms with Crippen LogP contribution in [0.1, 0.15) is 12.8 Å². The fraction of sp³-hybridized carbons (Fsp3) is 0.500. The molecule has 1 unspecified atom stereocenters. The quantitative estimate of drug-likeness (QED) is 0.785. The molecule has 0 radical (unpaired) electrons. The van der Waals surface area contributed by atoms with Crippen LogP contribution in [0, 0.1) is 17.6 Å². The molecule has 0 saturated carbocycles. The van der Waals surface area contributed by atoms with E-state index in [0.717, 1.165) is 31.6 Å². The molecule has 2 rings (SSSR count). The van der Waals surface area contributed by atoms with Crippen molar-refractivity contribution < 1.29 is 13.6 Å². The summed E-state index contributed by atoms with van der Waals surface area (Å²) >= 11 is 1.20. The highest BCUT2D eigenvalue weighted by Gasteiger charge is 2.14. The molecule has 1 fully saturated rings. The van der Waals surface area contributed by atoms with Crippen molar-refractivity contribution in [3.8, 4) is 0 Å². The molecule has 1 heterocycles. The van der Waals surface area contributed by atoms with Crippen molar-refractivity contribution >= 4 is 30.1 Å². The van der Waals surface area contributed by atoms with Crippen LogP contribution in [0.4, 0.5) is 8.78 Å². The third kappa shape index (κ3) is 6.20. The number of rotatable bonds is 6. The van der Waals surface area contributed by atoms with Gasteiger partial charge in [0.2, 0.25) is 5.91 Å². The molecule has 7 heteroatoms. The van der Waals surface area contributed by atoms with Gasteiger partial charge in [-0.25, -0.2) is 8.78 Å². The van der Waals surface area contributed by atoms with Crippen molar-refractivity contribution in [2.75, 3.05) is 25.4 Å². The van der Waals surface area contributed by atoms with Crippen LogP contribution >= 0.6 is 24.2 Å². The average Bonchev–Trinajstić information content (AvgIpc) is 2.93. The van der Waals surface area contributed by atoms with E-state index in [1.165, 1.54) is 24.2 Å². The second-order valence-corrected chi connectivity index (χ2v) is 5.91. The van der Waals surface area contributed by atoms with E-state index in [1.54, 1.807) is 0 Å². The summed E-state index contributed by atoms with van der Waals surface area (Å²) in [6.45, 7) is 2.76. The fourth-order valence-corrected chi connectivity index (χ4v) is 2.89. The number of carbonyl (C=O) groups excluding carboxylic acids is 1. The minimum absolute atomic E-state index is 0. The zero-order chi connectivity index (χ0) is 14.4. The van der Waals surface area contributed by atoms with Crippen LogP contribution in [0.3, 0.4) is 0 Å². The van der Waals surface area contributed by atoms with Crippen LogP contribution in [0.25, 0.3) is 0 Å². The molecule has 0 aliphatic carbocycles.